The number of thiophene rings is 1. The van der Waals surface area contributed by atoms with Gasteiger partial charge in [-0.15, -0.1) is 11.3 Å². The number of nitrogen functional groups attached to an aromatic ring is 1. The number of carbonyl (C=O) groups is 3. The summed E-state index contributed by atoms with van der Waals surface area (Å²) in [6, 6.07) is 11.6. The second-order valence-electron chi connectivity index (χ2n) is 8.42. The van der Waals surface area contributed by atoms with E-state index in [0.717, 1.165) is 0 Å². The summed E-state index contributed by atoms with van der Waals surface area (Å²) in [6.07, 6.45) is 0. The molecule has 0 amide bonds. The Morgan fingerprint density at radius 1 is 0.947 bits per heavy atom. The van der Waals surface area contributed by atoms with Gasteiger partial charge in [0.15, 0.2) is 11.5 Å². The molecule has 1 aromatic heterocycles. The van der Waals surface area contributed by atoms with Crippen LogP contribution in [0.15, 0.2) is 53.7 Å². The van der Waals surface area contributed by atoms with Crippen LogP contribution in [0.4, 0.5) is 10.7 Å². The van der Waals surface area contributed by atoms with Crippen LogP contribution in [0.25, 0.3) is 0 Å². The lowest BCUT2D eigenvalue weighted by Gasteiger charge is -2.28. The Labute approximate surface area is 224 Å². The van der Waals surface area contributed by atoms with Gasteiger partial charge in [-0.05, 0) is 49.7 Å². The number of hydrogen-bond acceptors (Lipinski definition) is 10. The van der Waals surface area contributed by atoms with Gasteiger partial charge in [0.25, 0.3) is 0 Å². The molecule has 0 saturated carbocycles. The second kappa shape index (κ2) is 11.0. The largest absolute Gasteiger partial charge is 0.493 e. The molecule has 0 fully saturated rings. The van der Waals surface area contributed by atoms with E-state index in [9.17, 15) is 14.4 Å². The summed E-state index contributed by atoms with van der Waals surface area (Å²) in [6.45, 7) is 3.70. The molecule has 0 aliphatic carbocycles. The van der Waals surface area contributed by atoms with Gasteiger partial charge < -0.3 is 30.0 Å². The molecule has 2 aromatic carbocycles. The van der Waals surface area contributed by atoms with Gasteiger partial charge in [0.1, 0.15) is 4.88 Å². The number of carbonyl (C=O) groups excluding carboxylic acids is 3. The number of methoxy groups -OCH3 is 3. The summed E-state index contributed by atoms with van der Waals surface area (Å²) in [7, 11) is 4.32. The summed E-state index contributed by atoms with van der Waals surface area (Å²) < 4.78 is 20.8. The van der Waals surface area contributed by atoms with Crippen LogP contribution in [-0.4, -0.2) is 45.7 Å². The smallest absolute Gasteiger partial charge is 0.337 e. The average Bonchev–Trinajstić information content (AvgIpc) is 3.26. The zero-order chi connectivity index (χ0) is 27.6. The molecule has 0 radical (unpaired) electrons. The first-order valence-electron chi connectivity index (χ1n) is 11.8. The molecule has 1 aliphatic rings. The third-order valence-electron chi connectivity index (χ3n) is 6.28. The number of rotatable bonds is 8. The van der Waals surface area contributed by atoms with Crippen molar-refractivity contribution in [2.75, 3.05) is 39.0 Å². The first kappa shape index (κ1) is 26.7. The number of esters is 2. The number of nitrogens with two attached hydrogens (primary N) is 1. The van der Waals surface area contributed by atoms with Gasteiger partial charge >= 0.3 is 11.9 Å². The molecular weight excluding hydrogens is 508 g/mol. The quantitative estimate of drug-likeness (QED) is 0.309. The highest BCUT2D eigenvalue weighted by molar-refractivity contribution is 7.19. The highest BCUT2D eigenvalue weighted by atomic mass is 32.1. The van der Waals surface area contributed by atoms with E-state index >= 15 is 0 Å². The molecule has 0 saturated heterocycles. The molecule has 10 heteroatoms. The maximum Gasteiger partial charge on any atom is 0.337 e. The molecule has 2 heterocycles. The Hall–Kier alpha value is -4.31. The van der Waals surface area contributed by atoms with Crippen LogP contribution in [0.2, 0.25) is 0 Å². The normalized spacial score (nSPS) is 14.3. The van der Waals surface area contributed by atoms with Crippen molar-refractivity contribution >= 4 is 39.7 Å². The molecule has 38 heavy (non-hydrogen) atoms. The molecule has 9 nitrogen and oxygen atoms in total. The first-order chi connectivity index (χ1) is 18.2. The zero-order valence-electron chi connectivity index (χ0n) is 21.7. The second-order valence-corrected chi connectivity index (χ2v) is 9.44. The van der Waals surface area contributed by atoms with Crippen LogP contribution in [0.1, 0.15) is 56.5 Å². The van der Waals surface area contributed by atoms with E-state index in [1.165, 1.54) is 32.7 Å². The number of ketones is 1. The fourth-order valence-corrected chi connectivity index (χ4v) is 5.63. The van der Waals surface area contributed by atoms with E-state index in [-0.39, 0.29) is 18.1 Å². The van der Waals surface area contributed by atoms with Crippen LogP contribution >= 0.6 is 11.3 Å². The Balaban J connectivity index is 1.84. The van der Waals surface area contributed by atoms with E-state index in [2.05, 4.69) is 5.32 Å². The van der Waals surface area contributed by atoms with Gasteiger partial charge in [-0.3, -0.25) is 4.79 Å². The number of benzene rings is 2. The molecule has 4 rings (SSSR count). The summed E-state index contributed by atoms with van der Waals surface area (Å²) in [5, 5.41) is 3.89. The number of ether oxygens (including phenoxy) is 4. The monoisotopic (exact) mass is 536 g/mol. The van der Waals surface area contributed by atoms with Gasteiger partial charge in [0.05, 0.1) is 49.8 Å². The number of allylic oxidation sites excluding steroid dienone is 1. The van der Waals surface area contributed by atoms with Gasteiger partial charge in [-0.25, -0.2) is 9.59 Å². The Morgan fingerprint density at radius 3 is 2.21 bits per heavy atom. The van der Waals surface area contributed by atoms with Gasteiger partial charge in [-0.1, -0.05) is 12.1 Å². The minimum absolute atomic E-state index is 0.193. The fraction of sp³-hybridized carbons (Fsp3) is 0.250. The fourth-order valence-electron chi connectivity index (χ4n) is 4.45. The maximum absolute atomic E-state index is 13.6. The van der Waals surface area contributed by atoms with Crippen molar-refractivity contribution in [2.45, 2.75) is 19.8 Å². The summed E-state index contributed by atoms with van der Waals surface area (Å²) in [4.78, 5) is 39.0. The van der Waals surface area contributed by atoms with Crippen molar-refractivity contribution < 1.29 is 33.3 Å². The minimum atomic E-state index is -0.625. The molecule has 1 aliphatic heterocycles. The van der Waals surface area contributed by atoms with Crippen molar-refractivity contribution in [3.8, 4) is 11.5 Å². The van der Waals surface area contributed by atoms with Crippen molar-refractivity contribution in [1.82, 2.24) is 0 Å². The van der Waals surface area contributed by atoms with E-state index in [4.69, 9.17) is 24.7 Å². The summed E-state index contributed by atoms with van der Waals surface area (Å²) in [5.74, 6) is -0.971. The van der Waals surface area contributed by atoms with Crippen LogP contribution in [0, 0.1) is 0 Å². The number of nitrogens with one attached hydrogen (secondary N) is 1. The Kier molecular flexibility index (Phi) is 7.72. The van der Waals surface area contributed by atoms with Gasteiger partial charge in [-0.2, -0.15) is 0 Å². The van der Waals surface area contributed by atoms with Crippen LogP contribution < -0.4 is 20.5 Å². The van der Waals surface area contributed by atoms with Crippen LogP contribution in [-0.2, 0) is 14.3 Å². The van der Waals surface area contributed by atoms with E-state index in [0.29, 0.717) is 54.9 Å². The topological polar surface area (TPSA) is 126 Å². The Bertz CT molecular complexity index is 1440. The minimum Gasteiger partial charge on any atom is -0.493 e. The zero-order valence-corrected chi connectivity index (χ0v) is 22.5. The van der Waals surface area contributed by atoms with Gasteiger partial charge in [0.2, 0.25) is 5.78 Å². The summed E-state index contributed by atoms with van der Waals surface area (Å²) in [5.41, 5.74) is 9.91. The predicted octanol–water partition coefficient (Wildman–Crippen LogP) is 4.76. The maximum atomic E-state index is 13.6. The number of fused-ring (bicyclic) bond motifs is 1. The molecule has 198 valence electrons. The lowest BCUT2D eigenvalue weighted by molar-refractivity contribution is -0.138. The predicted molar refractivity (Wildman–Crippen MR) is 144 cm³/mol. The van der Waals surface area contributed by atoms with E-state index < -0.39 is 17.9 Å². The summed E-state index contributed by atoms with van der Waals surface area (Å²) >= 11 is 1.21. The number of hydrogen-bond donors (Lipinski definition) is 2. The lowest BCUT2D eigenvalue weighted by atomic mass is 9.81. The Morgan fingerprint density at radius 2 is 1.61 bits per heavy atom. The average molecular weight is 537 g/mol. The molecule has 1 atom stereocenters. The molecule has 1 unspecified atom stereocenters. The van der Waals surface area contributed by atoms with E-state index in [1.54, 1.807) is 56.3 Å². The van der Waals surface area contributed by atoms with Crippen molar-refractivity contribution in [2.24, 2.45) is 0 Å². The SMILES string of the molecule is CCOC(=O)C1=C(C)Nc2sc(C(=O)c3ccc(OC)c(OC)c3)c(N)c2C1c1ccc(C(=O)OC)cc1. The molecule has 0 bridgehead atoms. The van der Waals surface area contributed by atoms with Crippen LogP contribution in [0.5, 0.6) is 11.5 Å². The highest BCUT2D eigenvalue weighted by Gasteiger charge is 2.38. The van der Waals surface area contributed by atoms with Crippen molar-refractivity contribution in [3.63, 3.8) is 0 Å². The van der Waals surface area contributed by atoms with Crippen molar-refractivity contribution in [1.29, 1.82) is 0 Å². The number of anilines is 2. The highest BCUT2D eigenvalue weighted by Crippen LogP contribution is 2.50. The molecule has 3 aromatic rings. The van der Waals surface area contributed by atoms with E-state index in [1.807, 2.05) is 0 Å². The molecule has 3 N–H and O–H groups in total. The third kappa shape index (κ3) is 4.70. The third-order valence-corrected chi connectivity index (χ3v) is 7.41. The standard InChI is InChI=1S/C28H28N2O7S/c1-6-37-28(33)20-14(2)30-26-22(21(20)15-7-9-16(10-8-15)27(32)36-5)23(29)25(38-26)24(31)17-11-12-18(34-3)19(13-17)35-4/h7-13,21,30H,6,29H2,1-5H3. The van der Waals surface area contributed by atoms with Crippen LogP contribution in [0.3, 0.4) is 0 Å². The van der Waals surface area contributed by atoms with Crippen molar-refractivity contribution in [3.05, 3.63) is 80.9 Å². The lowest BCUT2D eigenvalue weighted by Crippen LogP contribution is -2.24. The molecule has 0 spiro atoms. The first-order valence-corrected chi connectivity index (χ1v) is 12.6. The van der Waals surface area contributed by atoms with Gasteiger partial charge in [0, 0.05) is 22.7 Å². The molecular formula is C28H28N2O7S.